The van der Waals surface area contributed by atoms with Crippen LogP contribution in [0, 0.1) is 0 Å². The van der Waals surface area contributed by atoms with Crippen LogP contribution in [0.25, 0.3) is 0 Å². The maximum atomic E-state index is 3.74. The van der Waals surface area contributed by atoms with Crippen LogP contribution < -0.4 is 31.0 Å². The SMILES string of the molecule is N.[Cl-].[Cl-].[Pt+2].c1cscn1. The summed E-state index contributed by atoms with van der Waals surface area (Å²) in [5.74, 6) is 0. The minimum atomic E-state index is 0. The van der Waals surface area contributed by atoms with Crippen molar-refractivity contribution in [2.45, 2.75) is 0 Å². The smallest absolute Gasteiger partial charge is 1.00 e. The van der Waals surface area contributed by atoms with Gasteiger partial charge in [-0.3, -0.25) is 4.98 Å². The number of rotatable bonds is 0. The topological polar surface area (TPSA) is 47.9 Å². The van der Waals surface area contributed by atoms with Gasteiger partial charge < -0.3 is 31.0 Å². The molecule has 1 rings (SSSR count). The van der Waals surface area contributed by atoms with Crippen molar-refractivity contribution in [3.05, 3.63) is 17.1 Å². The first-order chi connectivity index (χ1) is 2.50. The van der Waals surface area contributed by atoms with Gasteiger partial charge in [-0.2, -0.15) is 0 Å². The molecule has 0 aliphatic heterocycles. The Bertz CT molecular complexity index is 76.3. The van der Waals surface area contributed by atoms with E-state index >= 15 is 0 Å². The summed E-state index contributed by atoms with van der Waals surface area (Å²) in [7, 11) is 0. The monoisotopic (exact) mass is 367 g/mol. The fourth-order valence-electron chi connectivity index (χ4n) is 0.176. The Labute approximate surface area is 85.1 Å². The van der Waals surface area contributed by atoms with Crippen LogP contribution in [0.4, 0.5) is 0 Å². The first-order valence-electron chi connectivity index (χ1n) is 1.32. The number of thiazole rings is 1. The van der Waals surface area contributed by atoms with Gasteiger partial charge in [-0.15, -0.1) is 11.3 Å². The number of aromatic nitrogens is 1. The molecule has 1 aromatic heterocycles. The average Bonchev–Trinajstić information content (AvgIpc) is 1.76. The molecule has 1 aromatic rings. The zero-order valence-corrected chi connectivity index (χ0v) is 8.97. The van der Waals surface area contributed by atoms with Crippen molar-refractivity contribution >= 4 is 11.3 Å². The van der Waals surface area contributed by atoms with Crippen molar-refractivity contribution in [1.29, 1.82) is 0 Å². The van der Waals surface area contributed by atoms with Crippen LogP contribution in [0.2, 0.25) is 0 Å². The fourth-order valence-corrected chi connectivity index (χ4v) is 0.527. The molecular weight excluding hydrogens is 362 g/mol. The summed E-state index contributed by atoms with van der Waals surface area (Å²) in [5.41, 5.74) is 1.79. The molecule has 3 N–H and O–H groups in total. The van der Waals surface area contributed by atoms with E-state index in [9.17, 15) is 0 Å². The van der Waals surface area contributed by atoms with Gasteiger partial charge in [0.1, 0.15) is 0 Å². The summed E-state index contributed by atoms with van der Waals surface area (Å²) in [5, 5.41) is 1.93. The quantitative estimate of drug-likeness (QED) is 0.501. The van der Waals surface area contributed by atoms with Crippen LogP contribution in [-0.4, -0.2) is 4.98 Å². The molecule has 0 radical (unpaired) electrons. The van der Waals surface area contributed by atoms with Crippen LogP contribution in [0.1, 0.15) is 0 Å². The summed E-state index contributed by atoms with van der Waals surface area (Å²) in [4.78, 5) is 3.74. The van der Waals surface area contributed by atoms with E-state index < -0.39 is 0 Å². The Kier molecular flexibility index (Phi) is 39.9. The standard InChI is InChI=1S/C3H3NS.2ClH.H3N.Pt/c1-2-5-3-4-1;;;;/h1-3H;2*1H;1H3;/q;;;;+2/p-2. The van der Waals surface area contributed by atoms with Gasteiger partial charge in [0.05, 0.1) is 5.51 Å². The average molecular weight is 368 g/mol. The van der Waals surface area contributed by atoms with E-state index in [0.717, 1.165) is 0 Å². The molecule has 0 atom stereocenters. The van der Waals surface area contributed by atoms with Gasteiger partial charge in [-0.25, -0.2) is 0 Å². The van der Waals surface area contributed by atoms with Gasteiger partial charge in [0.25, 0.3) is 0 Å². The number of hydrogen-bond acceptors (Lipinski definition) is 3. The third-order valence-electron chi connectivity index (χ3n) is 0.347. The predicted octanol–water partition coefficient (Wildman–Crippen LogP) is -4.69. The second-order valence-corrected chi connectivity index (χ2v) is 1.43. The first-order valence-corrected chi connectivity index (χ1v) is 2.26. The molecule has 0 unspecified atom stereocenters. The maximum Gasteiger partial charge on any atom is 2.00 e. The van der Waals surface area contributed by atoms with Crippen LogP contribution in [-0.2, 0) is 21.1 Å². The summed E-state index contributed by atoms with van der Waals surface area (Å²) >= 11 is 1.60. The largest absolute Gasteiger partial charge is 2.00 e. The molecule has 0 fully saturated rings. The van der Waals surface area contributed by atoms with E-state index in [4.69, 9.17) is 0 Å². The second-order valence-electron chi connectivity index (χ2n) is 0.676. The molecule has 0 spiro atoms. The van der Waals surface area contributed by atoms with Crippen LogP contribution in [0.15, 0.2) is 17.1 Å². The molecule has 0 bridgehead atoms. The molecule has 0 saturated carbocycles. The number of nitrogens with zero attached hydrogens (tertiary/aromatic N) is 1. The molecule has 58 valence electrons. The Morgan fingerprint density at radius 2 is 1.78 bits per heavy atom. The molecule has 9 heavy (non-hydrogen) atoms. The minimum Gasteiger partial charge on any atom is -1.00 e. The van der Waals surface area contributed by atoms with E-state index in [-0.39, 0.29) is 52.0 Å². The molecule has 0 aromatic carbocycles. The molecule has 1 heterocycles. The predicted molar refractivity (Wildman–Crippen MR) is 27.1 cm³/mol. The Morgan fingerprint density at radius 3 is 1.89 bits per heavy atom. The van der Waals surface area contributed by atoms with Gasteiger partial charge in [0.2, 0.25) is 0 Å². The van der Waals surface area contributed by atoms with Crippen molar-refractivity contribution in [3.8, 4) is 0 Å². The molecule has 0 amide bonds. The summed E-state index contributed by atoms with van der Waals surface area (Å²) in [6.07, 6.45) is 1.77. The maximum absolute atomic E-state index is 3.74. The van der Waals surface area contributed by atoms with E-state index in [2.05, 4.69) is 4.98 Å². The Morgan fingerprint density at radius 1 is 1.22 bits per heavy atom. The van der Waals surface area contributed by atoms with Crippen LogP contribution in [0.3, 0.4) is 0 Å². The molecule has 0 aliphatic carbocycles. The van der Waals surface area contributed by atoms with Crippen molar-refractivity contribution in [3.63, 3.8) is 0 Å². The van der Waals surface area contributed by atoms with Gasteiger partial charge in [0.15, 0.2) is 0 Å². The van der Waals surface area contributed by atoms with Crippen molar-refractivity contribution in [2.24, 2.45) is 0 Å². The third kappa shape index (κ3) is 12.1. The van der Waals surface area contributed by atoms with Crippen molar-refractivity contribution in [1.82, 2.24) is 11.1 Å². The molecule has 2 nitrogen and oxygen atoms in total. The minimum absolute atomic E-state index is 0. The van der Waals surface area contributed by atoms with Gasteiger partial charge >= 0.3 is 21.1 Å². The van der Waals surface area contributed by atoms with Crippen LogP contribution in [0.5, 0.6) is 0 Å². The van der Waals surface area contributed by atoms with Crippen molar-refractivity contribution < 1.29 is 45.9 Å². The zero-order chi connectivity index (χ0) is 3.54. The molecule has 0 saturated heterocycles. The summed E-state index contributed by atoms with van der Waals surface area (Å²) in [6, 6.07) is 0. The van der Waals surface area contributed by atoms with Crippen molar-refractivity contribution in [2.75, 3.05) is 0 Å². The van der Waals surface area contributed by atoms with E-state index in [0.29, 0.717) is 0 Å². The third-order valence-corrected chi connectivity index (χ3v) is 0.869. The van der Waals surface area contributed by atoms with Gasteiger partial charge in [-0.1, -0.05) is 0 Å². The molecular formula is C3H6Cl2N2PtS. The van der Waals surface area contributed by atoms with E-state index in [1.165, 1.54) is 0 Å². The van der Waals surface area contributed by atoms with E-state index in [1.54, 1.807) is 23.0 Å². The first kappa shape index (κ1) is 22.5. The fraction of sp³-hybridized carbons (Fsp3) is 0. The number of hydrogen-bond donors (Lipinski definition) is 1. The van der Waals surface area contributed by atoms with Gasteiger partial charge in [-0.05, 0) is 0 Å². The molecule has 6 heteroatoms. The Balaban J connectivity index is -0.0000000312. The second kappa shape index (κ2) is 15.9. The van der Waals surface area contributed by atoms with Gasteiger partial charge in [0, 0.05) is 11.6 Å². The Hall–Kier alpha value is 0.858. The summed E-state index contributed by atoms with van der Waals surface area (Å²) in [6.45, 7) is 0. The normalized spacial score (nSPS) is 4.44. The zero-order valence-electron chi connectivity index (χ0n) is 4.37. The summed E-state index contributed by atoms with van der Waals surface area (Å²) < 4.78 is 0. The van der Waals surface area contributed by atoms with Crippen LogP contribution >= 0.6 is 11.3 Å². The van der Waals surface area contributed by atoms with E-state index in [1.807, 2.05) is 5.38 Å². The number of halogens is 2. The molecule has 0 aliphatic rings.